The largest absolute Gasteiger partial charge is 0.264 e. The third-order valence-corrected chi connectivity index (χ3v) is 11.0. The van der Waals surface area contributed by atoms with Crippen LogP contribution in [-0.2, 0) is 0 Å². The molecule has 7 aromatic carbocycles. The molecule has 1 aliphatic carbocycles. The maximum absolute atomic E-state index is 5.34. The predicted molar refractivity (Wildman–Crippen MR) is 235 cm³/mol. The fraction of sp³-hybridized carbons (Fsp3) is 0. The Morgan fingerprint density at radius 3 is 1.29 bits per heavy atom. The number of aromatic nitrogens is 5. The van der Waals surface area contributed by atoms with E-state index in [0.29, 0.717) is 17.5 Å². The number of rotatable bonds is 7. The number of benzene rings is 7. The topological polar surface area (TPSA) is 64.5 Å². The predicted octanol–water partition coefficient (Wildman–Crippen LogP) is 13.1. The molecule has 0 saturated heterocycles. The molecular weight excluding hydrogens is 707 g/mol. The van der Waals surface area contributed by atoms with Crippen LogP contribution in [0.5, 0.6) is 0 Å². The highest BCUT2D eigenvalue weighted by Gasteiger charge is 2.24. The van der Waals surface area contributed by atoms with Gasteiger partial charge < -0.3 is 0 Å². The van der Waals surface area contributed by atoms with Gasteiger partial charge in [0.25, 0.3) is 0 Å². The molecular formula is C53H33N5. The SMILES string of the molecule is c1ccc(-c2nc(-c3cc(-c4cccc(-c5cccnc5)c4)cc(-c4cccc(-c5cccnc5)c4)c3)nc(-c3ccc4c5c(cccc35)-c3ccccc3-4)n2)cc1. The van der Waals surface area contributed by atoms with Gasteiger partial charge in [-0.25, -0.2) is 15.0 Å². The summed E-state index contributed by atoms with van der Waals surface area (Å²) in [4.78, 5) is 24.5. The van der Waals surface area contributed by atoms with E-state index in [9.17, 15) is 0 Å². The molecule has 5 nitrogen and oxygen atoms in total. The Bertz CT molecular complexity index is 3030. The van der Waals surface area contributed by atoms with E-state index in [-0.39, 0.29) is 0 Å². The van der Waals surface area contributed by atoms with Crippen molar-refractivity contribution in [3.05, 3.63) is 201 Å². The number of pyridine rings is 2. The van der Waals surface area contributed by atoms with Crippen LogP contribution in [0.15, 0.2) is 201 Å². The molecule has 0 atom stereocenters. The van der Waals surface area contributed by atoms with Crippen molar-refractivity contribution in [3.63, 3.8) is 0 Å². The summed E-state index contributed by atoms with van der Waals surface area (Å²) in [6, 6.07) is 61.8. The van der Waals surface area contributed by atoms with E-state index in [2.05, 4.69) is 156 Å². The van der Waals surface area contributed by atoms with Gasteiger partial charge in [0.1, 0.15) is 0 Å². The first-order valence-electron chi connectivity index (χ1n) is 19.4. The molecule has 58 heavy (non-hydrogen) atoms. The van der Waals surface area contributed by atoms with Crippen molar-refractivity contribution in [3.8, 4) is 101 Å². The van der Waals surface area contributed by atoms with E-state index in [0.717, 1.165) is 66.6 Å². The maximum Gasteiger partial charge on any atom is 0.164 e. The van der Waals surface area contributed by atoms with Crippen LogP contribution in [-0.4, -0.2) is 24.9 Å². The van der Waals surface area contributed by atoms with Gasteiger partial charge in [0, 0.05) is 52.6 Å². The zero-order valence-electron chi connectivity index (χ0n) is 31.3. The van der Waals surface area contributed by atoms with Gasteiger partial charge in [0.05, 0.1) is 0 Å². The van der Waals surface area contributed by atoms with Crippen LogP contribution in [0.2, 0.25) is 0 Å². The van der Waals surface area contributed by atoms with Crippen LogP contribution >= 0.6 is 0 Å². The zero-order valence-corrected chi connectivity index (χ0v) is 31.3. The van der Waals surface area contributed by atoms with E-state index in [1.54, 1.807) is 12.4 Å². The molecule has 10 aromatic rings. The van der Waals surface area contributed by atoms with Crippen molar-refractivity contribution in [2.45, 2.75) is 0 Å². The zero-order chi connectivity index (χ0) is 38.4. The smallest absolute Gasteiger partial charge is 0.164 e. The van der Waals surface area contributed by atoms with Crippen molar-refractivity contribution in [2.75, 3.05) is 0 Å². The molecule has 11 rings (SSSR count). The van der Waals surface area contributed by atoms with Gasteiger partial charge in [0.15, 0.2) is 17.5 Å². The van der Waals surface area contributed by atoms with Crippen LogP contribution in [0.3, 0.4) is 0 Å². The average molecular weight is 740 g/mol. The van der Waals surface area contributed by atoms with Crippen LogP contribution in [0.1, 0.15) is 0 Å². The second kappa shape index (κ2) is 14.0. The third kappa shape index (κ3) is 5.94. The fourth-order valence-electron chi connectivity index (χ4n) is 8.26. The molecule has 0 aliphatic heterocycles. The summed E-state index contributed by atoms with van der Waals surface area (Å²) in [5.41, 5.74) is 16.4. The van der Waals surface area contributed by atoms with Crippen LogP contribution in [0.4, 0.5) is 0 Å². The number of fused-ring (bicyclic) bond motifs is 3. The molecule has 0 bridgehead atoms. The monoisotopic (exact) mass is 739 g/mol. The van der Waals surface area contributed by atoms with Gasteiger partial charge in [-0.2, -0.15) is 0 Å². The second-order valence-electron chi connectivity index (χ2n) is 14.6. The summed E-state index contributed by atoms with van der Waals surface area (Å²) in [5, 5.41) is 2.35. The molecule has 0 saturated carbocycles. The van der Waals surface area contributed by atoms with Gasteiger partial charge >= 0.3 is 0 Å². The second-order valence-corrected chi connectivity index (χ2v) is 14.6. The first-order valence-corrected chi connectivity index (χ1v) is 19.4. The molecule has 5 heteroatoms. The fourth-order valence-corrected chi connectivity index (χ4v) is 8.26. The Kier molecular flexibility index (Phi) is 8.07. The lowest BCUT2D eigenvalue weighted by atomic mass is 9.93. The summed E-state index contributed by atoms with van der Waals surface area (Å²) in [5.74, 6) is 1.86. The van der Waals surface area contributed by atoms with E-state index in [4.69, 9.17) is 15.0 Å². The lowest BCUT2D eigenvalue weighted by Gasteiger charge is -2.14. The number of hydrogen-bond donors (Lipinski definition) is 0. The molecule has 270 valence electrons. The molecule has 0 N–H and O–H groups in total. The van der Waals surface area contributed by atoms with Crippen molar-refractivity contribution >= 4 is 10.8 Å². The first kappa shape index (κ1) is 33.4. The maximum atomic E-state index is 5.34. The van der Waals surface area contributed by atoms with Gasteiger partial charge in [-0.05, 0) is 115 Å². The minimum atomic E-state index is 0.602. The molecule has 0 unspecified atom stereocenters. The molecule has 1 aliphatic rings. The molecule has 3 heterocycles. The Morgan fingerprint density at radius 1 is 0.259 bits per heavy atom. The average Bonchev–Trinajstić information content (AvgIpc) is 3.64. The van der Waals surface area contributed by atoms with Crippen molar-refractivity contribution in [1.29, 1.82) is 0 Å². The molecule has 0 spiro atoms. The van der Waals surface area contributed by atoms with Gasteiger partial charge in [0.2, 0.25) is 0 Å². The summed E-state index contributed by atoms with van der Waals surface area (Å²) >= 11 is 0. The summed E-state index contributed by atoms with van der Waals surface area (Å²) < 4.78 is 0. The van der Waals surface area contributed by atoms with E-state index in [1.165, 1.54) is 27.6 Å². The van der Waals surface area contributed by atoms with E-state index >= 15 is 0 Å². The summed E-state index contributed by atoms with van der Waals surface area (Å²) in [7, 11) is 0. The minimum Gasteiger partial charge on any atom is -0.264 e. The van der Waals surface area contributed by atoms with Gasteiger partial charge in [-0.3, -0.25) is 9.97 Å². The quantitative estimate of drug-likeness (QED) is 0.163. The first-order chi connectivity index (χ1) is 28.7. The van der Waals surface area contributed by atoms with E-state index < -0.39 is 0 Å². The lowest BCUT2D eigenvalue weighted by molar-refractivity contribution is 1.08. The standard InChI is InChI=1S/C53H33N5/c1-2-11-34(12-3-1)51-56-52(58-53(57-51)49-24-23-48-45-20-5-4-19-44(45)46-21-8-22-47(49)50(46)48)43-30-41(37-15-6-13-35(27-37)39-17-9-25-54-32-39)29-42(31-43)38-16-7-14-36(28-38)40-18-10-26-55-33-40/h1-33H. The highest BCUT2D eigenvalue weighted by Crippen LogP contribution is 2.49. The Balaban J connectivity index is 1.13. The van der Waals surface area contributed by atoms with E-state index in [1.807, 2.05) is 42.7 Å². The lowest BCUT2D eigenvalue weighted by Crippen LogP contribution is -2.01. The molecule has 0 amide bonds. The van der Waals surface area contributed by atoms with Gasteiger partial charge in [-0.1, -0.05) is 127 Å². The van der Waals surface area contributed by atoms with Crippen LogP contribution in [0.25, 0.3) is 112 Å². The van der Waals surface area contributed by atoms with Crippen LogP contribution < -0.4 is 0 Å². The van der Waals surface area contributed by atoms with Crippen molar-refractivity contribution < 1.29 is 0 Å². The molecule has 0 fully saturated rings. The van der Waals surface area contributed by atoms with Crippen LogP contribution in [0, 0.1) is 0 Å². The van der Waals surface area contributed by atoms with Crippen molar-refractivity contribution in [1.82, 2.24) is 24.9 Å². The van der Waals surface area contributed by atoms with Gasteiger partial charge in [-0.15, -0.1) is 0 Å². The Labute approximate surface area is 336 Å². The normalized spacial score (nSPS) is 11.4. The Hall–Kier alpha value is -7.89. The highest BCUT2D eigenvalue weighted by molar-refractivity contribution is 6.18. The minimum absolute atomic E-state index is 0.602. The third-order valence-electron chi connectivity index (χ3n) is 11.0. The van der Waals surface area contributed by atoms with Crippen molar-refractivity contribution in [2.24, 2.45) is 0 Å². The number of hydrogen-bond acceptors (Lipinski definition) is 5. The molecule has 0 radical (unpaired) electrons. The molecule has 3 aromatic heterocycles. The number of nitrogens with zero attached hydrogens (tertiary/aromatic N) is 5. The summed E-state index contributed by atoms with van der Waals surface area (Å²) in [6.07, 6.45) is 7.42. The summed E-state index contributed by atoms with van der Waals surface area (Å²) in [6.45, 7) is 0. The highest BCUT2D eigenvalue weighted by atomic mass is 15.0. The Morgan fingerprint density at radius 2 is 0.690 bits per heavy atom.